The number of hydrogen-bond donors (Lipinski definition) is 1. The normalized spacial score (nSPS) is 12.1. The van der Waals surface area contributed by atoms with Crippen molar-refractivity contribution in [2.24, 2.45) is 13.0 Å². The van der Waals surface area contributed by atoms with Crippen LogP contribution in [0.3, 0.4) is 0 Å². The number of aryl methyl sites for hydroxylation is 2. The number of ketones is 1. The van der Waals surface area contributed by atoms with Crippen LogP contribution in [0, 0.1) is 19.8 Å². The number of carbonyl (C=O) groups is 3. The average molecular weight is 351 g/mol. The number of Topliss-reactive ketones (excluding diaryl/α,β-unsaturated/α-hetero) is 1. The van der Waals surface area contributed by atoms with E-state index < -0.39 is 24.3 Å². The molecule has 25 heavy (non-hydrogen) atoms. The standard InChI is InChI=1S/C18H29N3O4/c1-11(2)8-7-9-12(3)19-15(22)10-25-18(24)17(23)16-13(4)20-21(6)14(16)5/h11-12H,7-10H2,1-6H3,(H,19,22). The summed E-state index contributed by atoms with van der Waals surface area (Å²) >= 11 is 0. The van der Waals surface area contributed by atoms with Crippen LogP contribution in [0.25, 0.3) is 0 Å². The van der Waals surface area contributed by atoms with Gasteiger partial charge in [0.15, 0.2) is 6.61 Å². The number of rotatable bonds is 9. The van der Waals surface area contributed by atoms with Crippen molar-refractivity contribution in [1.29, 1.82) is 0 Å². The van der Waals surface area contributed by atoms with Crippen LogP contribution in [-0.2, 0) is 21.4 Å². The van der Waals surface area contributed by atoms with Crippen LogP contribution in [-0.4, -0.2) is 40.1 Å². The first-order valence-electron chi connectivity index (χ1n) is 8.64. The molecular weight excluding hydrogens is 322 g/mol. The number of carbonyl (C=O) groups excluding carboxylic acids is 3. The SMILES string of the molecule is Cc1nn(C)c(C)c1C(=O)C(=O)OCC(=O)NC(C)CCCC(C)C. The predicted octanol–water partition coefficient (Wildman–Crippen LogP) is 2.09. The summed E-state index contributed by atoms with van der Waals surface area (Å²) in [6, 6.07) is 0.00321. The Labute approximate surface area is 149 Å². The van der Waals surface area contributed by atoms with Gasteiger partial charge in [0.2, 0.25) is 0 Å². The molecule has 0 spiro atoms. The third-order valence-corrected chi connectivity index (χ3v) is 4.08. The minimum Gasteiger partial charge on any atom is -0.450 e. The molecule has 1 N–H and O–H groups in total. The van der Waals surface area contributed by atoms with Gasteiger partial charge in [0.1, 0.15) is 0 Å². The average Bonchev–Trinajstić information content (AvgIpc) is 2.76. The van der Waals surface area contributed by atoms with E-state index in [9.17, 15) is 14.4 Å². The summed E-state index contributed by atoms with van der Waals surface area (Å²) in [7, 11) is 1.69. The van der Waals surface area contributed by atoms with Crippen LogP contribution < -0.4 is 5.32 Å². The van der Waals surface area contributed by atoms with Gasteiger partial charge < -0.3 is 10.1 Å². The van der Waals surface area contributed by atoms with Gasteiger partial charge in [-0.05, 0) is 33.1 Å². The molecule has 1 rings (SSSR count). The number of nitrogens with zero attached hydrogens (tertiary/aromatic N) is 2. The summed E-state index contributed by atoms with van der Waals surface area (Å²) in [5.74, 6) is -1.59. The zero-order chi connectivity index (χ0) is 19.1. The first-order valence-corrected chi connectivity index (χ1v) is 8.64. The molecule has 7 heteroatoms. The number of aromatic nitrogens is 2. The molecule has 140 valence electrons. The van der Waals surface area contributed by atoms with Gasteiger partial charge in [-0.2, -0.15) is 5.10 Å². The van der Waals surface area contributed by atoms with Gasteiger partial charge in [0.05, 0.1) is 11.3 Å². The maximum absolute atomic E-state index is 12.2. The Balaban J connectivity index is 2.45. The fourth-order valence-electron chi connectivity index (χ4n) is 2.62. The molecule has 0 fully saturated rings. The van der Waals surface area contributed by atoms with E-state index in [-0.39, 0.29) is 11.6 Å². The maximum atomic E-state index is 12.2. The van der Waals surface area contributed by atoms with Gasteiger partial charge in [-0.1, -0.05) is 26.7 Å². The second-order valence-corrected chi connectivity index (χ2v) is 6.87. The fourth-order valence-corrected chi connectivity index (χ4v) is 2.62. The van der Waals surface area contributed by atoms with Gasteiger partial charge in [0, 0.05) is 18.8 Å². The quantitative estimate of drug-likeness (QED) is 0.418. The molecular formula is C18H29N3O4. The highest BCUT2D eigenvalue weighted by molar-refractivity contribution is 6.41. The molecule has 0 aliphatic rings. The summed E-state index contributed by atoms with van der Waals surface area (Å²) in [5.41, 5.74) is 1.28. The van der Waals surface area contributed by atoms with Crippen LogP contribution in [0.15, 0.2) is 0 Å². The Morgan fingerprint density at radius 1 is 1.16 bits per heavy atom. The van der Waals surface area contributed by atoms with Crippen LogP contribution >= 0.6 is 0 Å². The number of esters is 1. The number of hydrogen-bond acceptors (Lipinski definition) is 5. The molecule has 7 nitrogen and oxygen atoms in total. The zero-order valence-electron chi connectivity index (χ0n) is 16.0. The lowest BCUT2D eigenvalue weighted by Crippen LogP contribution is -2.36. The van der Waals surface area contributed by atoms with E-state index in [4.69, 9.17) is 4.74 Å². The van der Waals surface area contributed by atoms with Crippen molar-refractivity contribution in [3.8, 4) is 0 Å². The van der Waals surface area contributed by atoms with Crippen LogP contribution in [0.2, 0.25) is 0 Å². The van der Waals surface area contributed by atoms with Gasteiger partial charge >= 0.3 is 5.97 Å². The molecule has 0 saturated heterocycles. The summed E-state index contributed by atoms with van der Waals surface area (Å²) in [4.78, 5) is 35.9. The van der Waals surface area contributed by atoms with Crippen molar-refractivity contribution in [1.82, 2.24) is 15.1 Å². The van der Waals surface area contributed by atoms with E-state index >= 15 is 0 Å². The van der Waals surface area contributed by atoms with E-state index in [0.29, 0.717) is 17.3 Å². The highest BCUT2D eigenvalue weighted by Crippen LogP contribution is 2.13. The molecule has 1 atom stereocenters. The highest BCUT2D eigenvalue weighted by Gasteiger charge is 2.25. The Bertz CT molecular complexity index is 635. The van der Waals surface area contributed by atoms with E-state index in [1.54, 1.807) is 20.9 Å². The highest BCUT2D eigenvalue weighted by atomic mass is 16.5. The van der Waals surface area contributed by atoms with Gasteiger partial charge in [-0.3, -0.25) is 14.3 Å². The molecule has 1 heterocycles. The minimum absolute atomic E-state index is 0.00321. The third kappa shape index (κ3) is 6.32. The Hall–Kier alpha value is -2.18. The van der Waals surface area contributed by atoms with Crippen molar-refractivity contribution in [2.45, 2.75) is 59.9 Å². The van der Waals surface area contributed by atoms with Crippen molar-refractivity contribution >= 4 is 17.7 Å². The van der Waals surface area contributed by atoms with Crippen molar-refractivity contribution in [2.75, 3.05) is 6.61 Å². The first kappa shape index (κ1) is 20.9. The number of ether oxygens (including phenoxy) is 1. The van der Waals surface area contributed by atoms with E-state index in [1.165, 1.54) is 4.68 Å². The molecule has 1 unspecified atom stereocenters. The minimum atomic E-state index is -1.04. The van der Waals surface area contributed by atoms with Gasteiger partial charge in [0.25, 0.3) is 11.7 Å². The zero-order valence-corrected chi connectivity index (χ0v) is 16.0. The largest absolute Gasteiger partial charge is 0.450 e. The molecule has 0 aliphatic heterocycles. The molecule has 1 aromatic heterocycles. The van der Waals surface area contributed by atoms with E-state index in [0.717, 1.165) is 19.3 Å². The number of nitrogens with one attached hydrogen (secondary N) is 1. The molecule has 1 amide bonds. The Morgan fingerprint density at radius 3 is 2.32 bits per heavy atom. The van der Waals surface area contributed by atoms with E-state index in [2.05, 4.69) is 24.3 Å². The maximum Gasteiger partial charge on any atom is 0.380 e. The monoisotopic (exact) mass is 351 g/mol. The van der Waals surface area contributed by atoms with Crippen LogP contribution in [0.4, 0.5) is 0 Å². The third-order valence-electron chi connectivity index (χ3n) is 4.08. The Kier molecular flexibility index (Phi) is 7.80. The smallest absolute Gasteiger partial charge is 0.380 e. The second kappa shape index (κ2) is 9.34. The van der Waals surface area contributed by atoms with Gasteiger partial charge in [-0.15, -0.1) is 0 Å². The topological polar surface area (TPSA) is 90.3 Å². The molecule has 0 radical (unpaired) electrons. The lowest BCUT2D eigenvalue weighted by Gasteiger charge is -2.14. The van der Waals surface area contributed by atoms with Crippen LogP contribution in [0.5, 0.6) is 0 Å². The van der Waals surface area contributed by atoms with Gasteiger partial charge in [-0.25, -0.2) is 4.79 Å². The molecule has 1 aromatic rings. The lowest BCUT2D eigenvalue weighted by molar-refractivity contribution is -0.144. The molecule has 0 saturated carbocycles. The summed E-state index contributed by atoms with van der Waals surface area (Å²) in [6.45, 7) is 9.12. The summed E-state index contributed by atoms with van der Waals surface area (Å²) in [5, 5.41) is 6.87. The van der Waals surface area contributed by atoms with E-state index in [1.807, 2.05) is 6.92 Å². The Morgan fingerprint density at radius 2 is 1.80 bits per heavy atom. The molecule has 0 aliphatic carbocycles. The molecule has 0 bridgehead atoms. The summed E-state index contributed by atoms with van der Waals surface area (Å²) in [6.07, 6.45) is 3.00. The molecule has 0 aromatic carbocycles. The van der Waals surface area contributed by atoms with Crippen molar-refractivity contribution in [3.63, 3.8) is 0 Å². The van der Waals surface area contributed by atoms with Crippen molar-refractivity contribution < 1.29 is 19.1 Å². The van der Waals surface area contributed by atoms with Crippen molar-refractivity contribution in [3.05, 3.63) is 17.0 Å². The first-order chi connectivity index (χ1) is 11.6. The lowest BCUT2D eigenvalue weighted by atomic mass is 10.0. The number of amides is 1. The van der Waals surface area contributed by atoms with Crippen LogP contribution in [0.1, 0.15) is 61.8 Å². The second-order valence-electron chi connectivity index (χ2n) is 6.87. The fraction of sp³-hybridized carbons (Fsp3) is 0.667. The predicted molar refractivity (Wildman–Crippen MR) is 94.3 cm³/mol. The summed E-state index contributed by atoms with van der Waals surface area (Å²) < 4.78 is 6.37.